The van der Waals surface area contributed by atoms with E-state index in [0.717, 1.165) is 18.7 Å². The maximum Gasteiger partial charge on any atom is 0.0867 e. The Morgan fingerprint density at radius 2 is 2.15 bits per heavy atom. The van der Waals surface area contributed by atoms with Crippen molar-refractivity contribution in [2.75, 3.05) is 11.4 Å². The summed E-state index contributed by atoms with van der Waals surface area (Å²) in [4.78, 5) is 6.72. The highest BCUT2D eigenvalue weighted by molar-refractivity contribution is 5.94. The standard InChI is InChI=1S/C11H10N2/c1-2-6-11-10(5-1)12-8-9-4-3-7-13(9)11/h1-2,4-6,8H,3,7H2. The second-order valence-corrected chi connectivity index (χ2v) is 3.32. The zero-order chi connectivity index (χ0) is 8.67. The second-order valence-electron chi connectivity index (χ2n) is 3.32. The molecule has 2 aliphatic heterocycles. The van der Waals surface area contributed by atoms with Crippen molar-refractivity contribution in [1.29, 1.82) is 0 Å². The normalized spacial score (nSPS) is 18.2. The summed E-state index contributed by atoms with van der Waals surface area (Å²) in [5, 5.41) is 0. The average Bonchev–Trinajstić information content (AvgIpc) is 2.65. The Labute approximate surface area is 77.2 Å². The van der Waals surface area contributed by atoms with Gasteiger partial charge in [0.05, 0.1) is 23.3 Å². The van der Waals surface area contributed by atoms with E-state index in [9.17, 15) is 0 Å². The maximum atomic E-state index is 4.40. The molecular weight excluding hydrogens is 160 g/mol. The molecule has 0 amide bonds. The first-order valence-electron chi connectivity index (χ1n) is 4.56. The zero-order valence-electron chi connectivity index (χ0n) is 7.27. The third-order valence-corrected chi connectivity index (χ3v) is 2.53. The Balaban J connectivity index is 2.20. The van der Waals surface area contributed by atoms with Gasteiger partial charge in [0.2, 0.25) is 0 Å². The van der Waals surface area contributed by atoms with E-state index in [4.69, 9.17) is 0 Å². The molecule has 2 heteroatoms. The Hall–Kier alpha value is -1.57. The van der Waals surface area contributed by atoms with Crippen molar-refractivity contribution in [3.8, 4) is 0 Å². The summed E-state index contributed by atoms with van der Waals surface area (Å²) in [6, 6.07) is 8.28. The fourth-order valence-electron chi connectivity index (χ4n) is 1.90. The summed E-state index contributed by atoms with van der Waals surface area (Å²) >= 11 is 0. The molecule has 0 aliphatic carbocycles. The van der Waals surface area contributed by atoms with E-state index < -0.39 is 0 Å². The van der Waals surface area contributed by atoms with E-state index in [2.05, 4.69) is 34.2 Å². The first-order chi connectivity index (χ1) is 6.45. The van der Waals surface area contributed by atoms with Crippen molar-refractivity contribution in [2.45, 2.75) is 6.42 Å². The molecule has 1 aromatic rings. The van der Waals surface area contributed by atoms with Crippen molar-refractivity contribution in [1.82, 2.24) is 0 Å². The van der Waals surface area contributed by atoms with Crippen LogP contribution < -0.4 is 4.90 Å². The minimum absolute atomic E-state index is 1.08. The number of hydrogen-bond acceptors (Lipinski definition) is 2. The van der Waals surface area contributed by atoms with E-state index in [1.165, 1.54) is 11.4 Å². The van der Waals surface area contributed by atoms with Crippen LogP contribution in [0, 0.1) is 0 Å². The van der Waals surface area contributed by atoms with E-state index in [1.54, 1.807) is 0 Å². The summed E-state index contributed by atoms with van der Waals surface area (Å²) in [6.45, 7) is 1.10. The fourth-order valence-corrected chi connectivity index (χ4v) is 1.90. The van der Waals surface area contributed by atoms with Crippen molar-refractivity contribution in [2.24, 2.45) is 4.99 Å². The highest BCUT2D eigenvalue weighted by atomic mass is 15.2. The molecule has 0 saturated carbocycles. The minimum atomic E-state index is 1.08. The van der Waals surface area contributed by atoms with Gasteiger partial charge in [-0.3, -0.25) is 4.99 Å². The number of para-hydroxylation sites is 2. The van der Waals surface area contributed by atoms with E-state index in [-0.39, 0.29) is 0 Å². The molecule has 0 atom stereocenters. The summed E-state index contributed by atoms with van der Waals surface area (Å²) in [5.74, 6) is 0. The van der Waals surface area contributed by atoms with Crippen LogP contribution >= 0.6 is 0 Å². The van der Waals surface area contributed by atoms with Crippen LogP contribution in [0.2, 0.25) is 0 Å². The van der Waals surface area contributed by atoms with Crippen molar-refractivity contribution < 1.29 is 0 Å². The molecule has 0 bridgehead atoms. The number of rotatable bonds is 0. The van der Waals surface area contributed by atoms with Gasteiger partial charge < -0.3 is 4.90 Å². The van der Waals surface area contributed by atoms with Crippen LogP contribution in [0.15, 0.2) is 41.0 Å². The van der Waals surface area contributed by atoms with Gasteiger partial charge in [-0.05, 0) is 18.6 Å². The monoisotopic (exact) mass is 170 g/mol. The zero-order valence-corrected chi connectivity index (χ0v) is 7.27. The quantitative estimate of drug-likeness (QED) is 0.584. The third-order valence-electron chi connectivity index (χ3n) is 2.53. The maximum absolute atomic E-state index is 4.40. The van der Waals surface area contributed by atoms with E-state index in [0.29, 0.717) is 0 Å². The molecule has 0 aromatic heterocycles. The molecule has 0 N–H and O–H groups in total. The van der Waals surface area contributed by atoms with Gasteiger partial charge in [0.1, 0.15) is 0 Å². The molecule has 0 saturated heterocycles. The fraction of sp³-hybridized carbons (Fsp3) is 0.182. The second kappa shape index (κ2) is 2.46. The molecule has 1 aromatic carbocycles. The summed E-state index contributed by atoms with van der Waals surface area (Å²) in [5.41, 5.74) is 3.58. The lowest BCUT2D eigenvalue weighted by Gasteiger charge is -2.24. The van der Waals surface area contributed by atoms with Crippen molar-refractivity contribution >= 4 is 17.6 Å². The number of aliphatic imine (C=N–C) groups is 1. The van der Waals surface area contributed by atoms with Crippen LogP contribution in [0.4, 0.5) is 11.4 Å². The van der Waals surface area contributed by atoms with Crippen LogP contribution in [-0.4, -0.2) is 12.8 Å². The highest BCUT2D eigenvalue weighted by Gasteiger charge is 2.20. The number of allylic oxidation sites excluding steroid dienone is 1. The van der Waals surface area contributed by atoms with Gasteiger partial charge in [0, 0.05) is 6.54 Å². The Kier molecular flexibility index (Phi) is 1.30. The number of benzene rings is 1. The third kappa shape index (κ3) is 0.917. The highest BCUT2D eigenvalue weighted by Crippen LogP contribution is 2.35. The molecule has 0 unspecified atom stereocenters. The largest absolute Gasteiger partial charge is 0.338 e. The van der Waals surface area contributed by atoms with E-state index >= 15 is 0 Å². The molecule has 13 heavy (non-hydrogen) atoms. The molecule has 0 fully saturated rings. The van der Waals surface area contributed by atoms with Crippen LogP contribution in [0.25, 0.3) is 0 Å². The lowest BCUT2D eigenvalue weighted by Crippen LogP contribution is -2.21. The van der Waals surface area contributed by atoms with Gasteiger partial charge in [-0.2, -0.15) is 0 Å². The minimum Gasteiger partial charge on any atom is -0.338 e. The molecular formula is C11H10N2. The number of anilines is 1. The molecule has 3 rings (SSSR count). The lowest BCUT2D eigenvalue weighted by molar-refractivity contribution is 0.983. The van der Waals surface area contributed by atoms with Crippen molar-refractivity contribution in [3.63, 3.8) is 0 Å². The summed E-state index contributed by atoms with van der Waals surface area (Å²) in [6.07, 6.45) is 5.32. The van der Waals surface area contributed by atoms with Crippen molar-refractivity contribution in [3.05, 3.63) is 36.0 Å². The predicted octanol–water partition coefficient (Wildman–Crippen LogP) is 2.50. The van der Waals surface area contributed by atoms with Crippen LogP contribution in [0.1, 0.15) is 6.42 Å². The van der Waals surface area contributed by atoms with Gasteiger partial charge in [0.15, 0.2) is 0 Å². The number of fused-ring (bicyclic) bond motifs is 3. The van der Waals surface area contributed by atoms with Crippen LogP contribution in [0.3, 0.4) is 0 Å². The number of nitrogens with zero attached hydrogens (tertiary/aromatic N) is 2. The molecule has 64 valence electrons. The predicted molar refractivity (Wildman–Crippen MR) is 54.6 cm³/mol. The van der Waals surface area contributed by atoms with Gasteiger partial charge in [-0.25, -0.2) is 0 Å². The lowest BCUT2D eigenvalue weighted by atomic mass is 10.2. The molecule has 2 heterocycles. The summed E-state index contributed by atoms with van der Waals surface area (Å²) in [7, 11) is 0. The molecule has 2 nitrogen and oxygen atoms in total. The first-order valence-corrected chi connectivity index (χ1v) is 4.56. The van der Waals surface area contributed by atoms with Gasteiger partial charge >= 0.3 is 0 Å². The summed E-state index contributed by atoms with van der Waals surface area (Å²) < 4.78 is 0. The molecule has 0 spiro atoms. The molecule has 2 aliphatic rings. The van der Waals surface area contributed by atoms with Crippen LogP contribution in [0.5, 0.6) is 0 Å². The first kappa shape index (κ1) is 6.89. The smallest absolute Gasteiger partial charge is 0.0867 e. The van der Waals surface area contributed by atoms with Gasteiger partial charge in [0.25, 0.3) is 0 Å². The Morgan fingerprint density at radius 3 is 3.15 bits per heavy atom. The SMILES string of the molecule is C1=Nc2ccccc2N2CCC=C12. The number of hydrogen-bond donors (Lipinski definition) is 0. The average molecular weight is 170 g/mol. The van der Waals surface area contributed by atoms with Gasteiger partial charge in [-0.15, -0.1) is 0 Å². The van der Waals surface area contributed by atoms with E-state index in [1.807, 2.05) is 12.3 Å². The Bertz CT molecular complexity index is 404. The topological polar surface area (TPSA) is 15.6 Å². The molecule has 0 radical (unpaired) electrons. The van der Waals surface area contributed by atoms with Crippen LogP contribution in [-0.2, 0) is 0 Å². The van der Waals surface area contributed by atoms with Gasteiger partial charge in [-0.1, -0.05) is 18.2 Å². The Morgan fingerprint density at radius 1 is 1.23 bits per heavy atom.